The molecular weight excluding hydrogens is 459 g/mol. The number of likely N-dealkylation sites (tertiary alicyclic amines) is 1. The number of allylic oxidation sites excluding steroid dienone is 2. The van der Waals surface area contributed by atoms with E-state index in [2.05, 4.69) is 32.2 Å². The van der Waals surface area contributed by atoms with Crippen molar-refractivity contribution in [2.24, 2.45) is 0 Å². The predicted molar refractivity (Wildman–Crippen MR) is 136 cm³/mol. The molecule has 4 N–H and O–H groups in total. The zero-order valence-corrected chi connectivity index (χ0v) is 20.1. The van der Waals surface area contributed by atoms with Crippen LogP contribution in [0.2, 0.25) is 0 Å². The number of dihydropyridines is 1. The van der Waals surface area contributed by atoms with E-state index in [4.69, 9.17) is 0 Å². The summed E-state index contributed by atoms with van der Waals surface area (Å²) in [7, 11) is 1.55. The smallest absolute Gasteiger partial charge is 0.251 e. The molecule has 9 heteroatoms. The Labute approximate surface area is 208 Å². The van der Waals surface area contributed by atoms with Crippen LogP contribution in [0.1, 0.15) is 40.5 Å². The van der Waals surface area contributed by atoms with Crippen LogP contribution in [0.25, 0.3) is 16.5 Å². The first-order valence-corrected chi connectivity index (χ1v) is 12.1. The molecule has 3 heterocycles. The summed E-state index contributed by atoms with van der Waals surface area (Å²) in [6.45, 7) is 1.81. The van der Waals surface area contributed by atoms with E-state index in [1.54, 1.807) is 31.3 Å². The molecule has 186 valence electrons. The maximum absolute atomic E-state index is 14.6. The molecule has 1 unspecified atom stereocenters. The molecule has 2 atom stereocenters. The van der Waals surface area contributed by atoms with Gasteiger partial charge in [-0.25, -0.2) is 4.39 Å². The molecule has 36 heavy (non-hydrogen) atoms. The molecule has 1 aromatic heterocycles. The number of carbonyl (C=O) groups is 2. The van der Waals surface area contributed by atoms with Gasteiger partial charge >= 0.3 is 0 Å². The van der Waals surface area contributed by atoms with E-state index in [9.17, 15) is 14.0 Å². The molecule has 8 nitrogen and oxygen atoms in total. The fraction of sp³-hybridized carbons (Fsp3) is 0.296. The van der Waals surface area contributed by atoms with Crippen LogP contribution < -0.4 is 16.0 Å². The SMILES string of the molecule is CNC(=O)C(c1ccccc1F)N1CCC[C@@H](NC(=O)c2ccc3[nH]nc(C4=CCNC=C4)c3c2)C1. The van der Waals surface area contributed by atoms with Crippen molar-refractivity contribution in [3.8, 4) is 0 Å². The van der Waals surface area contributed by atoms with E-state index in [-0.39, 0.29) is 17.9 Å². The fourth-order valence-corrected chi connectivity index (χ4v) is 4.97. The number of benzene rings is 2. The lowest BCUT2D eigenvalue weighted by atomic mass is 9.98. The lowest BCUT2D eigenvalue weighted by Gasteiger charge is -2.37. The van der Waals surface area contributed by atoms with Crippen molar-refractivity contribution in [1.29, 1.82) is 0 Å². The first-order chi connectivity index (χ1) is 17.5. The predicted octanol–water partition coefficient (Wildman–Crippen LogP) is 2.88. The van der Waals surface area contributed by atoms with E-state index in [1.807, 2.05) is 29.3 Å². The number of likely N-dealkylation sites (N-methyl/N-ethyl adjacent to an activating group) is 1. The van der Waals surface area contributed by atoms with Crippen LogP contribution >= 0.6 is 0 Å². The van der Waals surface area contributed by atoms with Gasteiger partial charge < -0.3 is 16.0 Å². The second-order valence-corrected chi connectivity index (χ2v) is 9.08. The second-order valence-electron chi connectivity index (χ2n) is 9.08. The first kappa shape index (κ1) is 23.7. The number of nitrogens with zero attached hydrogens (tertiary/aromatic N) is 2. The van der Waals surface area contributed by atoms with Crippen molar-refractivity contribution in [2.75, 3.05) is 26.7 Å². The van der Waals surface area contributed by atoms with Gasteiger partial charge in [0.05, 0.1) is 11.2 Å². The van der Waals surface area contributed by atoms with Crippen LogP contribution in [-0.2, 0) is 4.79 Å². The highest BCUT2D eigenvalue weighted by Gasteiger charge is 2.33. The van der Waals surface area contributed by atoms with Crippen molar-refractivity contribution >= 4 is 28.3 Å². The number of fused-ring (bicyclic) bond motifs is 1. The van der Waals surface area contributed by atoms with Crippen molar-refractivity contribution in [3.63, 3.8) is 0 Å². The van der Waals surface area contributed by atoms with E-state index < -0.39 is 11.9 Å². The molecule has 2 aliphatic rings. The Balaban J connectivity index is 1.34. The lowest BCUT2D eigenvalue weighted by molar-refractivity contribution is -0.126. The van der Waals surface area contributed by atoms with Crippen LogP contribution in [0.4, 0.5) is 4.39 Å². The van der Waals surface area contributed by atoms with Crippen molar-refractivity contribution in [1.82, 2.24) is 31.0 Å². The zero-order valence-electron chi connectivity index (χ0n) is 20.1. The van der Waals surface area contributed by atoms with Crippen LogP contribution in [-0.4, -0.2) is 59.6 Å². The van der Waals surface area contributed by atoms with Crippen LogP contribution in [0.15, 0.2) is 60.8 Å². The van der Waals surface area contributed by atoms with Gasteiger partial charge in [0.15, 0.2) is 0 Å². The van der Waals surface area contributed by atoms with Gasteiger partial charge in [-0.2, -0.15) is 5.10 Å². The number of hydrogen-bond acceptors (Lipinski definition) is 5. The van der Waals surface area contributed by atoms with Gasteiger partial charge in [-0.15, -0.1) is 0 Å². The Morgan fingerprint density at radius 1 is 1.22 bits per heavy atom. The van der Waals surface area contributed by atoms with Gasteiger partial charge in [0, 0.05) is 48.3 Å². The number of aromatic nitrogens is 2. The summed E-state index contributed by atoms with van der Waals surface area (Å²) in [5, 5.41) is 17.3. The molecular formula is C27H29FN6O2. The monoisotopic (exact) mass is 488 g/mol. The third-order valence-corrected chi connectivity index (χ3v) is 6.77. The van der Waals surface area contributed by atoms with E-state index in [1.165, 1.54) is 6.07 Å². The Hall–Kier alpha value is -3.98. The highest BCUT2D eigenvalue weighted by Crippen LogP contribution is 2.28. The number of aromatic amines is 1. The van der Waals surface area contributed by atoms with Crippen LogP contribution in [0, 0.1) is 5.82 Å². The summed E-state index contributed by atoms with van der Waals surface area (Å²) in [5.74, 6) is -0.875. The first-order valence-electron chi connectivity index (χ1n) is 12.1. The summed E-state index contributed by atoms with van der Waals surface area (Å²) in [5.41, 5.74) is 3.53. The molecule has 0 spiro atoms. The van der Waals surface area contributed by atoms with Gasteiger partial charge in [-0.1, -0.05) is 24.3 Å². The lowest BCUT2D eigenvalue weighted by Crippen LogP contribution is -2.51. The Morgan fingerprint density at radius 2 is 2.08 bits per heavy atom. The molecule has 0 radical (unpaired) electrons. The topological polar surface area (TPSA) is 102 Å². The minimum absolute atomic E-state index is 0.167. The molecule has 0 saturated carbocycles. The minimum atomic E-state index is -0.757. The summed E-state index contributed by atoms with van der Waals surface area (Å²) in [6, 6.07) is 10.9. The largest absolute Gasteiger partial charge is 0.387 e. The molecule has 2 aromatic carbocycles. The second kappa shape index (κ2) is 10.3. The quantitative estimate of drug-likeness (QED) is 0.427. The Bertz CT molecular complexity index is 1350. The molecule has 1 saturated heterocycles. The van der Waals surface area contributed by atoms with Crippen LogP contribution in [0.5, 0.6) is 0 Å². The van der Waals surface area contributed by atoms with E-state index >= 15 is 0 Å². The van der Waals surface area contributed by atoms with Gasteiger partial charge in [0.1, 0.15) is 11.9 Å². The Morgan fingerprint density at radius 3 is 2.86 bits per heavy atom. The third kappa shape index (κ3) is 4.74. The number of rotatable bonds is 6. The average molecular weight is 489 g/mol. The molecule has 0 aliphatic carbocycles. The standard InChI is InChI=1S/C27H29FN6O2/c1-29-27(36)25(20-6-2-3-7-22(20)28)34-14-4-5-19(16-34)31-26(35)18-8-9-23-21(15-18)24(33-32-23)17-10-12-30-13-11-17/h2-3,6-12,15,19,25,30H,4-5,13-14,16H2,1H3,(H,29,36)(H,31,35)(H,32,33)/t19-,25?/m1/s1. The number of carbonyl (C=O) groups excluding carboxylic acids is 2. The summed E-state index contributed by atoms with van der Waals surface area (Å²) < 4.78 is 14.6. The highest BCUT2D eigenvalue weighted by molar-refractivity contribution is 6.01. The van der Waals surface area contributed by atoms with Gasteiger partial charge in [0.25, 0.3) is 5.91 Å². The van der Waals surface area contributed by atoms with Gasteiger partial charge in [-0.05, 0) is 55.9 Å². The molecule has 2 amide bonds. The number of H-pyrrole nitrogens is 1. The maximum Gasteiger partial charge on any atom is 0.251 e. The van der Waals surface area contributed by atoms with Gasteiger partial charge in [0.2, 0.25) is 5.91 Å². The minimum Gasteiger partial charge on any atom is -0.387 e. The van der Waals surface area contributed by atoms with E-state index in [0.717, 1.165) is 41.6 Å². The summed E-state index contributed by atoms with van der Waals surface area (Å²) in [4.78, 5) is 27.9. The molecule has 0 bridgehead atoms. The molecule has 2 aliphatic heterocycles. The summed E-state index contributed by atoms with van der Waals surface area (Å²) in [6.07, 6.45) is 7.46. The number of halogens is 1. The number of piperidine rings is 1. The number of amides is 2. The third-order valence-electron chi connectivity index (χ3n) is 6.77. The average Bonchev–Trinajstić information content (AvgIpc) is 3.34. The fourth-order valence-electron chi connectivity index (χ4n) is 4.97. The molecule has 1 fully saturated rings. The normalized spacial score (nSPS) is 18.8. The highest BCUT2D eigenvalue weighted by atomic mass is 19.1. The Kier molecular flexibility index (Phi) is 6.81. The number of hydrogen-bond donors (Lipinski definition) is 4. The van der Waals surface area contributed by atoms with E-state index in [0.29, 0.717) is 24.2 Å². The van der Waals surface area contributed by atoms with Crippen molar-refractivity contribution in [2.45, 2.75) is 24.9 Å². The zero-order chi connectivity index (χ0) is 25.1. The van der Waals surface area contributed by atoms with Crippen molar-refractivity contribution < 1.29 is 14.0 Å². The molecule has 5 rings (SSSR count). The van der Waals surface area contributed by atoms with Crippen LogP contribution in [0.3, 0.4) is 0 Å². The molecule has 3 aromatic rings. The van der Waals surface area contributed by atoms with Gasteiger partial charge in [-0.3, -0.25) is 19.6 Å². The maximum atomic E-state index is 14.6. The van der Waals surface area contributed by atoms with Crippen molar-refractivity contribution in [3.05, 3.63) is 83.5 Å². The number of nitrogens with one attached hydrogen (secondary N) is 4. The summed E-state index contributed by atoms with van der Waals surface area (Å²) >= 11 is 0.